The van der Waals surface area contributed by atoms with Crippen LogP contribution in [0.5, 0.6) is 5.75 Å². The van der Waals surface area contributed by atoms with Crippen molar-refractivity contribution in [3.8, 4) is 5.75 Å². The second kappa shape index (κ2) is 9.50. The molecule has 0 bridgehead atoms. The lowest BCUT2D eigenvalue weighted by Crippen LogP contribution is -2.03. The lowest BCUT2D eigenvalue weighted by atomic mass is 10.1. The number of hydrogen-bond donors (Lipinski definition) is 2. The van der Waals surface area contributed by atoms with Crippen molar-refractivity contribution in [2.45, 2.75) is 26.9 Å². The molecular weight excluding hydrogens is 362 g/mol. The van der Waals surface area contributed by atoms with Crippen LogP contribution in [0.25, 0.3) is 10.8 Å². The molecule has 1 aromatic heterocycles. The highest BCUT2D eigenvalue weighted by Crippen LogP contribution is 2.30. The van der Waals surface area contributed by atoms with Crippen molar-refractivity contribution in [1.29, 1.82) is 0 Å². The second-order valence-electron chi connectivity index (χ2n) is 6.56. The van der Waals surface area contributed by atoms with Crippen molar-refractivity contribution in [3.05, 3.63) is 72.3 Å². The molecule has 6 nitrogen and oxygen atoms in total. The molecule has 0 spiro atoms. The monoisotopic (exact) mass is 387 g/mol. The lowest BCUT2D eigenvalue weighted by molar-refractivity contribution is 0.310. The number of aliphatic imine (C=N–C) groups is 2. The molecule has 0 amide bonds. The summed E-state index contributed by atoms with van der Waals surface area (Å²) < 4.78 is 6.07. The number of hydrogen-bond acceptors (Lipinski definition) is 6. The average Bonchev–Trinajstić information content (AvgIpc) is 2.74. The zero-order valence-corrected chi connectivity index (χ0v) is 16.7. The van der Waals surface area contributed by atoms with Gasteiger partial charge in [-0.3, -0.25) is 4.99 Å². The number of fused-ring (bicyclic) bond motifs is 1. The summed E-state index contributed by atoms with van der Waals surface area (Å²) in [4.78, 5) is 12.7. The van der Waals surface area contributed by atoms with E-state index >= 15 is 0 Å². The fourth-order valence-corrected chi connectivity index (χ4v) is 2.81. The van der Waals surface area contributed by atoms with E-state index in [2.05, 4.69) is 33.9 Å². The second-order valence-corrected chi connectivity index (χ2v) is 6.56. The van der Waals surface area contributed by atoms with Crippen LogP contribution in [0.2, 0.25) is 0 Å². The molecule has 1 heterocycles. The van der Waals surface area contributed by atoms with E-state index < -0.39 is 0 Å². The number of nitrogen functional groups attached to an aromatic ring is 1. The molecule has 3 aromatic rings. The number of nitrogens with two attached hydrogens (primary N) is 1. The quantitative estimate of drug-likeness (QED) is 0.412. The van der Waals surface area contributed by atoms with Crippen LogP contribution in [-0.2, 0) is 6.61 Å². The van der Waals surface area contributed by atoms with E-state index in [1.54, 1.807) is 12.4 Å². The number of pyridine rings is 1. The molecule has 0 saturated heterocycles. The molecule has 0 radical (unpaired) electrons. The maximum absolute atomic E-state index is 6.07. The maximum atomic E-state index is 6.07. The van der Waals surface area contributed by atoms with Crippen LogP contribution in [0.1, 0.15) is 25.8 Å². The zero-order chi connectivity index (χ0) is 20.6. The minimum atomic E-state index is 0.404. The lowest BCUT2D eigenvalue weighted by Gasteiger charge is -2.12. The maximum Gasteiger partial charge on any atom is 0.149 e. The minimum absolute atomic E-state index is 0.404. The molecule has 0 saturated carbocycles. The first-order valence-electron chi connectivity index (χ1n) is 9.43. The van der Waals surface area contributed by atoms with E-state index in [1.807, 2.05) is 55.5 Å². The van der Waals surface area contributed by atoms with Gasteiger partial charge in [0.2, 0.25) is 0 Å². The van der Waals surface area contributed by atoms with Gasteiger partial charge < -0.3 is 15.8 Å². The summed E-state index contributed by atoms with van der Waals surface area (Å²) in [5, 5.41) is 5.15. The van der Waals surface area contributed by atoms with Gasteiger partial charge in [-0.15, -0.1) is 0 Å². The van der Waals surface area contributed by atoms with Gasteiger partial charge in [0.25, 0.3) is 0 Å². The van der Waals surface area contributed by atoms with Crippen LogP contribution < -0.4 is 15.8 Å². The third kappa shape index (κ3) is 5.19. The van der Waals surface area contributed by atoms with Crippen LogP contribution in [0.15, 0.2) is 76.7 Å². The van der Waals surface area contributed by atoms with Gasteiger partial charge in [0.15, 0.2) is 0 Å². The van der Waals surface area contributed by atoms with E-state index in [1.165, 1.54) is 0 Å². The predicted octanol–water partition coefficient (Wildman–Crippen LogP) is 5.18. The van der Waals surface area contributed by atoms with E-state index in [-0.39, 0.29) is 0 Å². The molecule has 0 atom stereocenters. The number of ether oxygens (including phenoxy) is 1. The molecule has 0 aliphatic heterocycles. The number of nitrogens with zero attached hydrogens (tertiary/aromatic N) is 3. The van der Waals surface area contributed by atoms with Crippen LogP contribution in [-0.4, -0.2) is 17.4 Å². The highest BCUT2D eigenvalue weighted by atomic mass is 16.5. The molecule has 6 heteroatoms. The SMILES string of the molecule is C=N/C=C(\N=C(C)CC)Nc1cc(COc2ccc(N)c3ccccc23)ccn1. The van der Waals surface area contributed by atoms with E-state index in [0.717, 1.165) is 39.9 Å². The van der Waals surface area contributed by atoms with Crippen LogP contribution >= 0.6 is 0 Å². The Labute approximate surface area is 170 Å². The summed E-state index contributed by atoms with van der Waals surface area (Å²) in [7, 11) is 0. The number of anilines is 2. The molecule has 29 heavy (non-hydrogen) atoms. The minimum Gasteiger partial charge on any atom is -0.488 e. The molecule has 0 aliphatic rings. The topological polar surface area (TPSA) is 84.9 Å². The van der Waals surface area contributed by atoms with Gasteiger partial charge in [0.1, 0.15) is 24.0 Å². The van der Waals surface area contributed by atoms with Crippen molar-refractivity contribution in [2.75, 3.05) is 11.1 Å². The predicted molar refractivity (Wildman–Crippen MR) is 122 cm³/mol. The standard InChI is InChI=1S/C23H25N5O/c1-4-16(2)27-23(14-25-3)28-22-13-17(11-12-26-22)15-29-21-10-9-20(24)18-7-5-6-8-19(18)21/h5-14H,3-4,15,24H2,1-2H3,(H,26,28)/b23-14+,27-16?. The largest absolute Gasteiger partial charge is 0.488 e. The summed E-state index contributed by atoms with van der Waals surface area (Å²) in [6, 6.07) is 15.5. The van der Waals surface area contributed by atoms with E-state index in [4.69, 9.17) is 10.5 Å². The smallest absolute Gasteiger partial charge is 0.149 e. The van der Waals surface area contributed by atoms with Gasteiger partial charge >= 0.3 is 0 Å². The van der Waals surface area contributed by atoms with Gasteiger partial charge in [0.05, 0.1) is 6.20 Å². The van der Waals surface area contributed by atoms with Crippen molar-refractivity contribution >= 4 is 34.7 Å². The first-order valence-corrected chi connectivity index (χ1v) is 9.43. The fraction of sp³-hybridized carbons (Fsp3) is 0.174. The Morgan fingerprint density at radius 3 is 2.76 bits per heavy atom. The molecule has 2 aromatic carbocycles. The summed E-state index contributed by atoms with van der Waals surface area (Å²) in [6.45, 7) is 7.92. The van der Waals surface area contributed by atoms with Crippen LogP contribution in [0.4, 0.5) is 11.5 Å². The van der Waals surface area contributed by atoms with Crippen molar-refractivity contribution in [1.82, 2.24) is 4.98 Å². The first-order chi connectivity index (χ1) is 14.1. The Balaban J connectivity index is 1.76. The molecule has 3 N–H and O–H groups in total. The zero-order valence-electron chi connectivity index (χ0n) is 16.7. The normalized spacial score (nSPS) is 12.1. The Bertz CT molecular complexity index is 1070. The Hall–Kier alpha value is -3.67. The molecule has 0 unspecified atom stereocenters. The fourth-order valence-electron chi connectivity index (χ4n) is 2.81. The Kier molecular flexibility index (Phi) is 6.58. The van der Waals surface area contributed by atoms with Gasteiger partial charge in [-0.25, -0.2) is 9.98 Å². The number of rotatable bonds is 8. The highest BCUT2D eigenvalue weighted by Gasteiger charge is 2.06. The molecular formula is C23H25N5O. The third-order valence-corrected chi connectivity index (χ3v) is 4.43. The van der Waals surface area contributed by atoms with Crippen LogP contribution in [0.3, 0.4) is 0 Å². The van der Waals surface area contributed by atoms with Gasteiger partial charge in [0, 0.05) is 28.4 Å². The summed E-state index contributed by atoms with van der Waals surface area (Å²) >= 11 is 0. The van der Waals surface area contributed by atoms with Crippen LogP contribution in [0, 0.1) is 0 Å². The highest BCUT2D eigenvalue weighted by molar-refractivity contribution is 5.97. The molecule has 0 fully saturated rings. The van der Waals surface area contributed by atoms with Crippen molar-refractivity contribution in [2.24, 2.45) is 9.98 Å². The van der Waals surface area contributed by atoms with E-state index in [9.17, 15) is 0 Å². The average molecular weight is 387 g/mol. The van der Waals surface area contributed by atoms with Crippen molar-refractivity contribution in [3.63, 3.8) is 0 Å². The summed E-state index contributed by atoms with van der Waals surface area (Å²) in [6.07, 6.45) is 4.16. The molecule has 148 valence electrons. The number of nitrogens with one attached hydrogen (secondary N) is 1. The molecule has 3 rings (SSSR count). The summed E-state index contributed by atoms with van der Waals surface area (Å²) in [5.74, 6) is 2.05. The number of aromatic nitrogens is 1. The van der Waals surface area contributed by atoms with E-state index in [0.29, 0.717) is 18.2 Å². The molecule has 0 aliphatic carbocycles. The van der Waals surface area contributed by atoms with Gasteiger partial charge in [-0.05, 0) is 49.9 Å². The Morgan fingerprint density at radius 1 is 1.21 bits per heavy atom. The Morgan fingerprint density at radius 2 is 2.00 bits per heavy atom. The van der Waals surface area contributed by atoms with Gasteiger partial charge in [-0.2, -0.15) is 0 Å². The third-order valence-electron chi connectivity index (χ3n) is 4.43. The van der Waals surface area contributed by atoms with Crippen molar-refractivity contribution < 1.29 is 4.74 Å². The van der Waals surface area contributed by atoms with Gasteiger partial charge in [-0.1, -0.05) is 31.2 Å². The first kappa shape index (κ1) is 20.1. The number of benzene rings is 2. The summed E-state index contributed by atoms with van der Waals surface area (Å²) in [5.41, 5.74) is 8.77.